The molecule has 0 aromatic carbocycles. The summed E-state index contributed by atoms with van der Waals surface area (Å²) in [6.45, 7) is 2.82. The van der Waals surface area contributed by atoms with E-state index in [1.165, 1.54) is 23.9 Å². The average molecular weight is 313 g/mol. The van der Waals surface area contributed by atoms with Crippen LogP contribution in [0.1, 0.15) is 23.3 Å². The van der Waals surface area contributed by atoms with Crippen molar-refractivity contribution in [1.29, 1.82) is 0 Å². The molecule has 0 aliphatic carbocycles. The molecule has 0 spiro atoms. The van der Waals surface area contributed by atoms with Crippen LogP contribution in [0.25, 0.3) is 0 Å². The number of aromatic nitrogens is 1. The molecule has 1 aromatic rings. The van der Waals surface area contributed by atoms with E-state index in [2.05, 4.69) is 9.62 Å². The van der Waals surface area contributed by atoms with Gasteiger partial charge in [0.2, 0.25) is 10.0 Å². The van der Waals surface area contributed by atoms with E-state index in [0.717, 1.165) is 32.5 Å². The van der Waals surface area contributed by atoms with Gasteiger partial charge < -0.3 is 14.6 Å². The van der Waals surface area contributed by atoms with E-state index in [4.69, 9.17) is 5.11 Å². The van der Waals surface area contributed by atoms with E-state index in [1.807, 2.05) is 0 Å². The second-order valence-electron chi connectivity index (χ2n) is 5.84. The third-order valence-corrected chi connectivity index (χ3v) is 5.93. The molecule has 1 unspecified atom stereocenters. The van der Waals surface area contributed by atoms with Crippen molar-refractivity contribution in [2.45, 2.75) is 23.8 Å². The number of carboxylic acid groups (broad SMARTS) is 1. The lowest BCUT2D eigenvalue weighted by molar-refractivity contribution is 0.0686. The van der Waals surface area contributed by atoms with Crippen LogP contribution in [0.4, 0.5) is 0 Å². The number of hydrogen-bond acceptors (Lipinski definition) is 4. The fourth-order valence-corrected chi connectivity index (χ4v) is 4.63. The normalized spacial score (nSPS) is 28.7. The number of aromatic carboxylic acids is 1. The zero-order valence-corrected chi connectivity index (χ0v) is 12.6. The Labute approximate surface area is 123 Å². The second kappa shape index (κ2) is 5.11. The minimum Gasteiger partial charge on any atom is -0.477 e. The molecule has 1 atom stereocenters. The summed E-state index contributed by atoms with van der Waals surface area (Å²) < 4.78 is 28.9. The molecule has 0 amide bonds. The molecule has 2 N–H and O–H groups in total. The van der Waals surface area contributed by atoms with Crippen molar-refractivity contribution in [1.82, 2.24) is 14.2 Å². The van der Waals surface area contributed by atoms with Gasteiger partial charge in [0.1, 0.15) is 10.6 Å². The van der Waals surface area contributed by atoms with Crippen LogP contribution in [0.3, 0.4) is 0 Å². The SMILES string of the molecule is Cn1cc(S(=O)(=O)NC2CN3CCC2CC3)cc1C(=O)O. The molecule has 7 nitrogen and oxygen atoms in total. The van der Waals surface area contributed by atoms with Gasteiger partial charge in [0.05, 0.1) is 0 Å². The Kier molecular flexibility index (Phi) is 3.54. The molecule has 1 aromatic heterocycles. The van der Waals surface area contributed by atoms with Gasteiger partial charge in [-0.1, -0.05) is 0 Å². The number of piperidine rings is 3. The van der Waals surface area contributed by atoms with E-state index in [-0.39, 0.29) is 16.6 Å². The molecular formula is C13H19N3O4S. The number of nitrogens with one attached hydrogen (secondary N) is 1. The van der Waals surface area contributed by atoms with Crippen LogP contribution < -0.4 is 4.72 Å². The summed E-state index contributed by atoms with van der Waals surface area (Å²) in [4.78, 5) is 13.3. The smallest absolute Gasteiger partial charge is 0.352 e. The van der Waals surface area contributed by atoms with Crippen molar-refractivity contribution < 1.29 is 18.3 Å². The lowest BCUT2D eigenvalue weighted by atomic mass is 9.85. The highest BCUT2D eigenvalue weighted by Gasteiger charge is 2.36. The number of nitrogens with zero attached hydrogens (tertiary/aromatic N) is 2. The molecule has 0 saturated carbocycles. The zero-order chi connectivity index (χ0) is 15.2. The Balaban J connectivity index is 1.81. The first kappa shape index (κ1) is 14.6. The lowest BCUT2D eigenvalue weighted by Crippen LogP contribution is -2.57. The summed E-state index contributed by atoms with van der Waals surface area (Å²) in [6.07, 6.45) is 3.37. The van der Waals surface area contributed by atoms with Gasteiger partial charge in [-0.3, -0.25) is 0 Å². The lowest BCUT2D eigenvalue weighted by Gasteiger charge is -2.44. The standard InChI is InChI=1S/C13H19N3O4S/c1-15-7-10(6-12(15)13(17)18)21(19,20)14-11-8-16-4-2-9(11)3-5-16/h6-7,9,11,14H,2-5,8H2,1H3,(H,17,18). The Morgan fingerprint density at radius 1 is 1.38 bits per heavy atom. The fourth-order valence-electron chi connectivity index (χ4n) is 3.26. The molecule has 21 heavy (non-hydrogen) atoms. The number of sulfonamides is 1. The summed E-state index contributed by atoms with van der Waals surface area (Å²) in [5.41, 5.74) is -0.0377. The maximum atomic E-state index is 12.4. The monoisotopic (exact) mass is 313 g/mol. The quantitative estimate of drug-likeness (QED) is 0.822. The Morgan fingerprint density at radius 3 is 2.52 bits per heavy atom. The van der Waals surface area contributed by atoms with Crippen molar-refractivity contribution in [3.05, 3.63) is 18.0 Å². The van der Waals surface area contributed by atoms with Crippen LogP contribution in [0.15, 0.2) is 17.2 Å². The number of carboxylic acids is 1. The largest absolute Gasteiger partial charge is 0.477 e. The first-order valence-electron chi connectivity index (χ1n) is 7.01. The van der Waals surface area contributed by atoms with Crippen molar-refractivity contribution in [3.8, 4) is 0 Å². The van der Waals surface area contributed by atoms with Crippen molar-refractivity contribution in [3.63, 3.8) is 0 Å². The van der Waals surface area contributed by atoms with E-state index in [1.54, 1.807) is 0 Å². The summed E-state index contributed by atoms with van der Waals surface area (Å²) in [7, 11) is -2.15. The van der Waals surface area contributed by atoms with Crippen LogP contribution in [0.5, 0.6) is 0 Å². The van der Waals surface area contributed by atoms with Gasteiger partial charge in [-0.2, -0.15) is 0 Å². The van der Waals surface area contributed by atoms with Gasteiger partial charge in [-0.15, -0.1) is 0 Å². The minimum absolute atomic E-state index is 0.0128. The molecule has 2 bridgehead atoms. The topological polar surface area (TPSA) is 91.6 Å². The highest BCUT2D eigenvalue weighted by atomic mass is 32.2. The predicted octanol–water partition coefficient (Wildman–Crippen LogP) is 0.0958. The summed E-state index contributed by atoms with van der Waals surface area (Å²) in [6, 6.07) is 1.12. The van der Waals surface area contributed by atoms with Crippen LogP contribution in [-0.2, 0) is 17.1 Å². The number of carbonyl (C=O) groups is 1. The van der Waals surface area contributed by atoms with E-state index in [9.17, 15) is 13.2 Å². The fraction of sp³-hybridized carbons (Fsp3) is 0.615. The molecule has 116 valence electrons. The number of rotatable bonds is 4. The molecule has 0 radical (unpaired) electrons. The number of aryl methyl sites for hydroxylation is 1. The molecule has 3 aliphatic heterocycles. The molecule has 3 fully saturated rings. The zero-order valence-electron chi connectivity index (χ0n) is 11.8. The molecule has 4 heterocycles. The first-order valence-corrected chi connectivity index (χ1v) is 8.49. The van der Waals surface area contributed by atoms with Gasteiger partial charge in [-0.05, 0) is 37.9 Å². The van der Waals surface area contributed by atoms with Crippen LogP contribution in [0, 0.1) is 5.92 Å². The Morgan fingerprint density at radius 2 is 2.05 bits per heavy atom. The van der Waals surface area contributed by atoms with Gasteiger partial charge in [0.15, 0.2) is 0 Å². The number of fused-ring (bicyclic) bond motifs is 3. The average Bonchev–Trinajstić information content (AvgIpc) is 2.83. The van der Waals surface area contributed by atoms with Crippen LogP contribution in [0.2, 0.25) is 0 Å². The van der Waals surface area contributed by atoms with Crippen LogP contribution >= 0.6 is 0 Å². The molecule has 8 heteroatoms. The van der Waals surface area contributed by atoms with Gasteiger partial charge in [0, 0.05) is 25.8 Å². The molecule has 3 aliphatic rings. The summed E-state index contributed by atoms with van der Waals surface area (Å²) in [5, 5.41) is 9.01. The van der Waals surface area contributed by atoms with Crippen molar-refractivity contribution in [2.75, 3.05) is 19.6 Å². The maximum absolute atomic E-state index is 12.4. The van der Waals surface area contributed by atoms with E-state index in [0.29, 0.717) is 5.92 Å². The summed E-state index contributed by atoms with van der Waals surface area (Å²) >= 11 is 0. The Hall–Kier alpha value is -1.38. The highest BCUT2D eigenvalue weighted by molar-refractivity contribution is 7.89. The predicted molar refractivity (Wildman–Crippen MR) is 75.6 cm³/mol. The first-order chi connectivity index (χ1) is 9.87. The third-order valence-electron chi connectivity index (χ3n) is 4.47. The molecular weight excluding hydrogens is 294 g/mol. The summed E-state index contributed by atoms with van der Waals surface area (Å²) in [5.74, 6) is -0.755. The van der Waals surface area contributed by atoms with Crippen molar-refractivity contribution >= 4 is 16.0 Å². The van der Waals surface area contributed by atoms with Gasteiger partial charge in [0.25, 0.3) is 0 Å². The van der Waals surface area contributed by atoms with Gasteiger partial charge >= 0.3 is 5.97 Å². The van der Waals surface area contributed by atoms with Crippen LogP contribution in [-0.4, -0.2) is 54.6 Å². The minimum atomic E-state index is -3.68. The van der Waals surface area contributed by atoms with E-state index >= 15 is 0 Å². The third kappa shape index (κ3) is 2.70. The molecule has 4 rings (SSSR count). The molecule has 3 saturated heterocycles. The van der Waals surface area contributed by atoms with Crippen molar-refractivity contribution in [2.24, 2.45) is 13.0 Å². The number of hydrogen-bond donors (Lipinski definition) is 2. The van der Waals surface area contributed by atoms with Gasteiger partial charge in [-0.25, -0.2) is 17.9 Å². The highest BCUT2D eigenvalue weighted by Crippen LogP contribution is 2.28. The van der Waals surface area contributed by atoms with E-state index < -0.39 is 16.0 Å². The maximum Gasteiger partial charge on any atom is 0.352 e. The second-order valence-corrected chi connectivity index (χ2v) is 7.56. The Bertz CT molecular complexity index is 659.